The van der Waals surface area contributed by atoms with Crippen molar-refractivity contribution in [3.63, 3.8) is 0 Å². The molecule has 1 saturated heterocycles. The normalized spacial score (nSPS) is 28.3. The van der Waals surface area contributed by atoms with Gasteiger partial charge in [0.2, 0.25) is 0 Å². The van der Waals surface area contributed by atoms with Gasteiger partial charge in [-0.25, -0.2) is 0 Å². The predicted octanol–water partition coefficient (Wildman–Crippen LogP) is 2.27. The second-order valence-corrected chi connectivity index (χ2v) is 5.56. The molecule has 0 spiro atoms. The highest BCUT2D eigenvalue weighted by Gasteiger charge is 2.29. The van der Waals surface area contributed by atoms with E-state index in [1.165, 1.54) is 12.8 Å². The van der Waals surface area contributed by atoms with Gasteiger partial charge in [-0.3, -0.25) is 4.90 Å². The van der Waals surface area contributed by atoms with Gasteiger partial charge in [0, 0.05) is 12.6 Å². The molecule has 0 aliphatic carbocycles. The van der Waals surface area contributed by atoms with Crippen molar-refractivity contribution in [2.24, 2.45) is 5.92 Å². The first-order chi connectivity index (χ1) is 6.41. The maximum absolute atomic E-state index is 10.2. The molecule has 0 bridgehead atoms. The Hall–Kier alpha value is -0.0800. The van der Waals surface area contributed by atoms with Gasteiger partial charge in [-0.15, -0.1) is 0 Å². The first kappa shape index (κ1) is 12.0. The molecule has 84 valence electrons. The minimum Gasteiger partial charge on any atom is -0.389 e. The van der Waals surface area contributed by atoms with Crippen LogP contribution in [0.15, 0.2) is 0 Å². The molecule has 1 aliphatic heterocycles. The summed E-state index contributed by atoms with van der Waals surface area (Å²) in [6.45, 7) is 10.6. The van der Waals surface area contributed by atoms with Crippen LogP contribution in [0, 0.1) is 5.92 Å². The minimum absolute atomic E-state index is 0.507. The highest BCUT2D eigenvalue weighted by molar-refractivity contribution is 4.84. The zero-order chi connectivity index (χ0) is 10.8. The molecule has 1 N–H and O–H groups in total. The van der Waals surface area contributed by atoms with Crippen molar-refractivity contribution in [3.8, 4) is 0 Å². The summed E-state index contributed by atoms with van der Waals surface area (Å²) in [5.41, 5.74) is -0.507. The van der Waals surface area contributed by atoms with Crippen molar-refractivity contribution in [2.45, 2.75) is 58.6 Å². The molecule has 0 radical (unpaired) electrons. The van der Waals surface area contributed by atoms with Crippen molar-refractivity contribution in [2.75, 3.05) is 13.1 Å². The number of β-amino-alcohol motifs (C(OH)–C–C–N with tert-alkyl or cyclic N) is 1. The molecule has 1 fully saturated rings. The van der Waals surface area contributed by atoms with Gasteiger partial charge in [0.05, 0.1) is 5.60 Å². The zero-order valence-corrected chi connectivity index (χ0v) is 10.1. The van der Waals surface area contributed by atoms with Crippen molar-refractivity contribution in [1.82, 2.24) is 4.90 Å². The molecular weight excluding hydrogens is 174 g/mol. The summed E-state index contributed by atoms with van der Waals surface area (Å²) in [6, 6.07) is 0.661. The third kappa shape index (κ3) is 3.58. The summed E-state index contributed by atoms with van der Waals surface area (Å²) < 4.78 is 0. The summed E-state index contributed by atoms with van der Waals surface area (Å²) >= 11 is 0. The first-order valence-corrected chi connectivity index (χ1v) is 5.87. The number of aliphatic hydroxyl groups is 1. The summed E-state index contributed by atoms with van der Waals surface area (Å²) in [4.78, 5) is 2.42. The SMILES string of the molecule is CC(C)CC(C)(O)CN1CCCC1C. The average molecular weight is 199 g/mol. The molecule has 2 heteroatoms. The number of nitrogens with zero attached hydrogens (tertiary/aromatic N) is 1. The molecule has 2 unspecified atom stereocenters. The zero-order valence-electron chi connectivity index (χ0n) is 10.1. The molecule has 1 aliphatic rings. The Morgan fingerprint density at radius 1 is 1.50 bits per heavy atom. The monoisotopic (exact) mass is 199 g/mol. The lowest BCUT2D eigenvalue weighted by Crippen LogP contribution is -2.43. The van der Waals surface area contributed by atoms with Gasteiger partial charge >= 0.3 is 0 Å². The Bertz CT molecular complexity index is 177. The van der Waals surface area contributed by atoms with Crippen LogP contribution >= 0.6 is 0 Å². The fourth-order valence-electron chi connectivity index (χ4n) is 2.61. The maximum atomic E-state index is 10.2. The van der Waals surface area contributed by atoms with Crippen molar-refractivity contribution < 1.29 is 5.11 Å². The second kappa shape index (κ2) is 4.63. The van der Waals surface area contributed by atoms with Gasteiger partial charge in [0.1, 0.15) is 0 Å². The van der Waals surface area contributed by atoms with Crippen LogP contribution in [0.2, 0.25) is 0 Å². The van der Waals surface area contributed by atoms with E-state index < -0.39 is 5.60 Å². The maximum Gasteiger partial charge on any atom is 0.0748 e. The predicted molar refractivity (Wildman–Crippen MR) is 60.3 cm³/mol. The van der Waals surface area contributed by atoms with E-state index in [0.717, 1.165) is 19.5 Å². The van der Waals surface area contributed by atoms with Crippen LogP contribution in [-0.2, 0) is 0 Å². The summed E-state index contributed by atoms with van der Waals surface area (Å²) in [7, 11) is 0. The van der Waals surface area contributed by atoms with Crippen LogP contribution in [0.1, 0.15) is 47.0 Å². The quantitative estimate of drug-likeness (QED) is 0.751. The van der Waals surface area contributed by atoms with Gasteiger partial charge in [-0.2, -0.15) is 0 Å². The van der Waals surface area contributed by atoms with Gasteiger partial charge < -0.3 is 5.11 Å². The van der Waals surface area contributed by atoms with Crippen LogP contribution in [0.3, 0.4) is 0 Å². The number of hydrogen-bond donors (Lipinski definition) is 1. The van der Waals surface area contributed by atoms with Crippen LogP contribution in [-0.4, -0.2) is 34.7 Å². The molecule has 14 heavy (non-hydrogen) atoms. The Morgan fingerprint density at radius 3 is 2.57 bits per heavy atom. The number of rotatable bonds is 4. The fourth-order valence-corrected chi connectivity index (χ4v) is 2.61. The summed E-state index contributed by atoms with van der Waals surface area (Å²) in [5, 5.41) is 10.2. The van der Waals surface area contributed by atoms with Crippen molar-refractivity contribution >= 4 is 0 Å². The molecule has 1 rings (SSSR count). The van der Waals surface area contributed by atoms with Crippen molar-refractivity contribution in [1.29, 1.82) is 0 Å². The molecular formula is C12H25NO. The van der Waals surface area contributed by atoms with Crippen LogP contribution in [0.4, 0.5) is 0 Å². The Balaban J connectivity index is 2.41. The van der Waals surface area contributed by atoms with E-state index >= 15 is 0 Å². The van der Waals surface area contributed by atoms with E-state index in [0.29, 0.717) is 12.0 Å². The van der Waals surface area contributed by atoms with Crippen molar-refractivity contribution in [3.05, 3.63) is 0 Å². The van der Waals surface area contributed by atoms with E-state index in [-0.39, 0.29) is 0 Å². The molecule has 0 aromatic heterocycles. The third-order valence-electron chi connectivity index (χ3n) is 3.08. The molecule has 2 nitrogen and oxygen atoms in total. The Labute approximate surface area is 88.3 Å². The van der Waals surface area contributed by atoms with E-state index in [9.17, 15) is 5.11 Å². The van der Waals surface area contributed by atoms with Gasteiger partial charge in [0.15, 0.2) is 0 Å². The van der Waals surface area contributed by atoms with Crippen LogP contribution in [0.25, 0.3) is 0 Å². The second-order valence-electron chi connectivity index (χ2n) is 5.56. The number of hydrogen-bond acceptors (Lipinski definition) is 2. The first-order valence-electron chi connectivity index (χ1n) is 5.87. The molecule has 0 saturated carbocycles. The summed E-state index contributed by atoms with van der Waals surface area (Å²) in [5.74, 6) is 0.572. The molecule has 2 atom stereocenters. The van der Waals surface area contributed by atoms with E-state index in [2.05, 4.69) is 25.7 Å². The molecule has 0 aromatic carbocycles. The minimum atomic E-state index is -0.507. The van der Waals surface area contributed by atoms with Crippen LogP contribution < -0.4 is 0 Å². The molecule has 0 amide bonds. The highest BCUT2D eigenvalue weighted by atomic mass is 16.3. The summed E-state index contributed by atoms with van der Waals surface area (Å²) in [6.07, 6.45) is 3.48. The Kier molecular flexibility index (Phi) is 3.96. The Morgan fingerprint density at radius 2 is 2.14 bits per heavy atom. The number of likely N-dealkylation sites (tertiary alicyclic amines) is 1. The largest absolute Gasteiger partial charge is 0.389 e. The van der Waals surface area contributed by atoms with Gasteiger partial charge in [-0.1, -0.05) is 13.8 Å². The topological polar surface area (TPSA) is 23.5 Å². The standard InChI is InChI=1S/C12H25NO/c1-10(2)8-12(4,14)9-13-7-5-6-11(13)3/h10-11,14H,5-9H2,1-4H3. The lowest BCUT2D eigenvalue weighted by atomic mass is 9.93. The van der Waals surface area contributed by atoms with E-state index in [1.54, 1.807) is 0 Å². The van der Waals surface area contributed by atoms with Crippen LogP contribution in [0.5, 0.6) is 0 Å². The van der Waals surface area contributed by atoms with Gasteiger partial charge in [-0.05, 0) is 45.6 Å². The van der Waals surface area contributed by atoms with Gasteiger partial charge in [0.25, 0.3) is 0 Å². The molecule has 0 aromatic rings. The molecule has 1 heterocycles. The lowest BCUT2D eigenvalue weighted by molar-refractivity contribution is 0.000860. The fraction of sp³-hybridized carbons (Fsp3) is 1.00. The smallest absolute Gasteiger partial charge is 0.0748 e. The lowest BCUT2D eigenvalue weighted by Gasteiger charge is -2.32. The average Bonchev–Trinajstić information content (AvgIpc) is 2.32. The highest BCUT2D eigenvalue weighted by Crippen LogP contribution is 2.23. The van der Waals surface area contributed by atoms with E-state index in [1.807, 2.05) is 6.92 Å². The van der Waals surface area contributed by atoms with E-state index in [4.69, 9.17) is 0 Å². The third-order valence-corrected chi connectivity index (χ3v) is 3.08.